The standard InChI is InChI=1S/C24H34O5/c1-15(25)27-21-9-8-19-18-7-6-16-14-17(26)10-13-24(16,29-28-22(2,3)4)20(18)11-12-23(19,21)5/h10,13-14,18-21H,6-9,11-12H2,1-5H3/t18-,19-,20-,21-,23-,24-/m0/s1. The Morgan fingerprint density at radius 2 is 1.90 bits per heavy atom. The molecule has 0 bridgehead atoms. The van der Waals surface area contributed by atoms with Gasteiger partial charge in [0.2, 0.25) is 0 Å². The third kappa shape index (κ3) is 3.50. The Morgan fingerprint density at radius 1 is 1.14 bits per heavy atom. The Labute approximate surface area is 173 Å². The summed E-state index contributed by atoms with van der Waals surface area (Å²) in [5.74, 6) is 1.08. The van der Waals surface area contributed by atoms with Gasteiger partial charge >= 0.3 is 5.97 Å². The molecule has 4 aliphatic carbocycles. The Morgan fingerprint density at radius 3 is 2.59 bits per heavy atom. The van der Waals surface area contributed by atoms with Crippen LogP contribution in [0.25, 0.3) is 0 Å². The summed E-state index contributed by atoms with van der Waals surface area (Å²) in [6, 6.07) is 0. The maximum atomic E-state index is 12.1. The number of hydrogen-bond acceptors (Lipinski definition) is 5. The highest BCUT2D eigenvalue weighted by atomic mass is 17.2. The number of rotatable bonds is 3. The summed E-state index contributed by atoms with van der Waals surface area (Å²) < 4.78 is 5.74. The monoisotopic (exact) mass is 402 g/mol. The molecule has 0 aromatic rings. The van der Waals surface area contributed by atoms with E-state index < -0.39 is 11.2 Å². The first-order chi connectivity index (χ1) is 13.6. The second-order valence-corrected chi connectivity index (χ2v) is 10.6. The number of ketones is 1. The van der Waals surface area contributed by atoms with E-state index in [-0.39, 0.29) is 29.2 Å². The van der Waals surface area contributed by atoms with Gasteiger partial charge in [-0.2, -0.15) is 0 Å². The molecule has 0 amide bonds. The molecule has 0 unspecified atom stereocenters. The van der Waals surface area contributed by atoms with Gasteiger partial charge in [-0.15, -0.1) is 0 Å². The maximum absolute atomic E-state index is 12.1. The summed E-state index contributed by atoms with van der Waals surface area (Å²) in [6.07, 6.45) is 11.2. The molecule has 0 heterocycles. The first kappa shape index (κ1) is 20.8. The van der Waals surface area contributed by atoms with Crippen molar-refractivity contribution in [1.29, 1.82) is 0 Å². The van der Waals surface area contributed by atoms with Crippen molar-refractivity contribution in [3.8, 4) is 0 Å². The molecular weight excluding hydrogens is 368 g/mol. The molecule has 6 atom stereocenters. The fraction of sp³-hybridized carbons (Fsp3) is 0.750. The molecule has 4 aliphatic rings. The first-order valence-electron chi connectivity index (χ1n) is 11.0. The fourth-order valence-corrected chi connectivity index (χ4v) is 6.50. The third-order valence-corrected chi connectivity index (χ3v) is 7.70. The van der Waals surface area contributed by atoms with E-state index in [1.54, 1.807) is 12.2 Å². The minimum absolute atomic E-state index is 0.00839. The van der Waals surface area contributed by atoms with Crippen LogP contribution in [-0.2, 0) is 24.1 Å². The zero-order valence-corrected chi connectivity index (χ0v) is 18.3. The number of ether oxygens (including phenoxy) is 1. The fourth-order valence-electron chi connectivity index (χ4n) is 6.50. The Hall–Kier alpha value is -1.46. The van der Waals surface area contributed by atoms with Crippen LogP contribution >= 0.6 is 0 Å². The van der Waals surface area contributed by atoms with Crippen LogP contribution in [0.4, 0.5) is 0 Å². The molecule has 0 radical (unpaired) electrons. The van der Waals surface area contributed by atoms with E-state index in [1.807, 2.05) is 26.8 Å². The smallest absolute Gasteiger partial charge is 0.302 e. The van der Waals surface area contributed by atoms with Crippen molar-refractivity contribution in [1.82, 2.24) is 0 Å². The Balaban J connectivity index is 1.65. The average molecular weight is 403 g/mol. The van der Waals surface area contributed by atoms with Crippen molar-refractivity contribution in [3.05, 3.63) is 23.8 Å². The largest absolute Gasteiger partial charge is 0.462 e. The van der Waals surface area contributed by atoms with Gasteiger partial charge < -0.3 is 4.74 Å². The summed E-state index contributed by atoms with van der Waals surface area (Å²) in [5, 5.41) is 0. The molecule has 5 nitrogen and oxygen atoms in total. The zero-order valence-electron chi connectivity index (χ0n) is 18.3. The molecule has 0 aromatic carbocycles. The van der Waals surface area contributed by atoms with Gasteiger partial charge in [-0.1, -0.05) is 6.92 Å². The summed E-state index contributed by atoms with van der Waals surface area (Å²) in [5.41, 5.74) is -0.0214. The van der Waals surface area contributed by atoms with Crippen molar-refractivity contribution >= 4 is 11.8 Å². The number of allylic oxidation sites excluding steroid dienone is 2. The lowest BCUT2D eigenvalue weighted by Crippen LogP contribution is -2.56. The number of hydrogen-bond donors (Lipinski definition) is 0. The minimum Gasteiger partial charge on any atom is -0.462 e. The third-order valence-electron chi connectivity index (χ3n) is 7.70. The Bertz CT molecular complexity index is 760. The maximum Gasteiger partial charge on any atom is 0.302 e. The van der Waals surface area contributed by atoms with Gasteiger partial charge in [0, 0.05) is 18.3 Å². The van der Waals surface area contributed by atoms with Crippen LogP contribution in [0.2, 0.25) is 0 Å². The zero-order chi connectivity index (χ0) is 21.0. The van der Waals surface area contributed by atoms with Crippen molar-refractivity contribution in [3.63, 3.8) is 0 Å². The summed E-state index contributed by atoms with van der Waals surface area (Å²) in [7, 11) is 0. The van der Waals surface area contributed by atoms with Crippen LogP contribution in [0.5, 0.6) is 0 Å². The topological polar surface area (TPSA) is 61.8 Å². The van der Waals surface area contributed by atoms with Gasteiger partial charge in [-0.3, -0.25) is 9.59 Å². The van der Waals surface area contributed by atoms with E-state index >= 15 is 0 Å². The normalized spacial score (nSPS) is 41.3. The predicted molar refractivity (Wildman–Crippen MR) is 109 cm³/mol. The van der Waals surface area contributed by atoms with Gasteiger partial charge in [0.05, 0.1) is 5.60 Å². The van der Waals surface area contributed by atoms with E-state index in [0.717, 1.165) is 44.1 Å². The molecule has 0 aromatic heterocycles. The molecule has 0 spiro atoms. The van der Waals surface area contributed by atoms with Crippen molar-refractivity contribution in [2.24, 2.45) is 23.2 Å². The summed E-state index contributed by atoms with van der Waals surface area (Å²) in [4.78, 5) is 35.8. The molecule has 5 heteroatoms. The van der Waals surface area contributed by atoms with Crippen molar-refractivity contribution < 1.29 is 24.1 Å². The Kier molecular flexibility index (Phi) is 5.06. The number of carbonyl (C=O) groups is 2. The predicted octanol–water partition coefficient (Wildman–Crippen LogP) is 4.71. The lowest BCUT2D eigenvalue weighted by atomic mass is 9.51. The second kappa shape index (κ2) is 7.05. The SMILES string of the molecule is CC(=O)O[C@H]1CC[C@H]2[C@@H]3CCC4=CC(=O)C=C[C@@]4(OOC(C)(C)C)[C@H]3CC[C@]12C. The number of esters is 1. The van der Waals surface area contributed by atoms with Crippen LogP contribution in [0, 0.1) is 23.2 Å². The molecule has 3 fully saturated rings. The molecule has 29 heavy (non-hydrogen) atoms. The van der Waals surface area contributed by atoms with Crippen LogP contribution in [0.15, 0.2) is 23.8 Å². The molecule has 0 N–H and O–H groups in total. The van der Waals surface area contributed by atoms with E-state index in [4.69, 9.17) is 14.5 Å². The van der Waals surface area contributed by atoms with Crippen LogP contribution in [0.1, 0.15) is 73.1 Å². The molecule has 0 aliphatic heterocycles. The molecular formula is C24H34O5. The minimum atomic E-state index is -0.662. The highest BCUT2D eigenvalue weighted by Crippen LogP contribution is 2.63. The van der Waals surface area contributed by atoms with Gasteiger partial charge in [0.1, 0.15) is 11.7 Å². The van der Waals surface area contributed by atoms with E-state index in [9.17, 15) is 9.59 Å². The van der Waals surface area contributed by atoms with Gasteiger partial charge in [0.15, 0.2) is 5.78 Å². The van der Waals surface area contributed by atoms with Crippen LogP contribution in [-0.4, -0.2) is 29.1 Å². The van der Waals surface area contributed by atoms with Crippen LogP contribution in [0.3, 0.4) is 0 Å². The van der Waals surface area contributed by atoms with Gasteiger partial charge in [0.25, 0.3) is 0 Å². The van der Waals surface area contributed by atoms with Crippen LogP contribution < -0.4 is 0 Å². The quantitative estimate of drug-likeness (QED) is 0.389. The molecule has 3 saturated carbocycles. The van der Waals surface area contributed by atoms with Crippen molar-refractivity contribution in [2.75, 3.05) is 0 Å². The lowest BCUT2D eigenvalue weighted by Gasteiger charge is -2.56. The van der Waals surface area contributed by atoms with Gasteiger partial charge in [-0.05, 0) is 94.9 Å². The molecule has 160 valence electrons. The second-order valence-electron chi connectivity index (χ2n) is 10.6. The average Bonchev–Trinajstić information content (AvgIpc) is 2.95. The number of fused-ring (bicyclic) bond motifs is 5. The molecule has 0 saturated heterocycles. The highest BCUT2D eigenvalue weighted by Gasteiger charge is 2.61. The first-order valence-corrected chi connectivity index (χ1v) is 11.0. The van der Waals surface area contributed by atoms with E-state index in [1.165, 1.54) is 6.92 Å². The highest BCUT2D eigenvalue weighted by molar-refractivity contribution is 6.01. The van der Waals surface area contributed by atoms with Crippen molar-refractivity contribution in [2.45, 2.75) is 90.4 Å². The summed E-state index contributed by atoms with van der Waals surface area (Å²) in [6.45, 7) is 9.74. The van der Waals surface area contributed by atoms with Gasteiger partial charge in [-0.25, -0.2) is 9.78 Å². The molecule has 4 rings (SSSR count). The van der Waals surface area contributed by atoms with E-state index in [2.05, 4.69) is 6.92 Å². The van der Waals surface area contributed by atoms with E-state index in [0.29, 0.717) is 11.8 Å². The summed E-state index contributed by atoms with van der Waals surface area (Å²) >= 11 is 0. The number of carbonyl (C=O) groups excluding carboxylic acids is 2. The lowest BCUT2D eigenvalue weighted by molar-refractivity contribution is -0.401.